The fourth-order valence-electron chi connectivity index (χ4n) is 1.59. The summed E-state index contributed by atoms with van der Waals surface area (Å²) in [4.78, 5) is 1.43. The first kappa shape index (κ1) is 9.75. The van der Waals surface area contributed by atoms with Crippen LogP contribution in [0.25, 0.3) is 0 Å². The highest BCUT2D eigenvalue weighted by atomic mass is 32.1. The van der Waals surface area contributed by atoms with Crippen LogP contribution in [0.3, 0.4) is 0 Å². The van der Waals surface area contributed by atoms with Gasteiger partial charge in [0, 0.05) is 10.9 Å². The average Bonchev–Trinajstić information content (AvgIpc) is 2.33. The zero-order valence-corrected chi connectivity index (χ0v) is 8.82. The fourth-order valence-corrected chi connectivity index (χ4v) is 2.41. The molecule has 0 saturated heterocycles. The molecule has 2 heteroatoms. The smallest absolute Gasteiger partial charge is 0.00489 e. The number of hydrogen-bond donors (Lipinski definition) is 1. The van der Waals surface area contributed by atoms with Gasteiger partial charge in [0.05, 0.1) is 0 Å². The third-order valence-corrected chi connectivity index (χ3v) is 3.02. The number of aryl methyl sites for hydroxylation is 1. The topological polar surface area (TPSA) is 26.0 Å². The highest BCUT2D eigenvalue weighted by molar-refractivity contribution is 7.10. The molecule has 0 aliphatic heterocycles. The van der Waals surface area contributed by atoms with Crippen LogP contribution in [0, 0.1) is 6.92 Å². The first-order chi connectivity index (χ1) is 5.61. The molecule has 1 aromatic rings. The molecule has 0 aromatic carbocycles. The molecule has 1 nitrogen and oxygen atoms in total. The summed E-state index contributed by atoms with van der Waals surface area (Å²) in [6.45, 7) is 6.49. The van der Waals surface area contributed by atoms with Gasteiger partial charge >= 0.3 is 0 Å². The summed E-state index contributed by atoms with van der Waals surface area (Å²) < 4.78 is 0. The third-order valence-electron chi connectivity index (χ3n) is 2.16. The van der Waals surface area contributed by atoms with Crippen molar-refractivity contribution in [3.63, 3.8) is 0 Å². The lowest BCUT2D eigenvalue weighted by Crippen LogP contribution is -2.17. The summed E-state index contributed by atoms with van der Waals surface area (Å²) in [5, 5.41) is 2.16. The second kappa shape index (κ2) is 4.06. The molecule has 0 fully saturated rings. The summed E-state index contributed by atoms with van der Waals surface area (Å²) in [6, 6.07) is 2.52. The third kappa shape index (κ3) is 2.32. The lowest BCUT2D eigenvalue weighted by atomic mass is 9.95. The Bertz CT molecular complexity index is 240. The van der Waals surface area contributed by atoms with Gasteiger partial charge in [-0.2, -0.15) is 0 Å². The number of thiophene rings is 1. The zero-order chi connectivity index (χ0) is 9.14. The van der Waals surface area contributed by atoms with Crippen LogP contribution in [0.5, 0.6) is 0 Å². The monoisotopic (exact) mass is 183 g/mol. The second-order valence-electron chi connectivity index (χ2n) is 3.55. The summed E-state index contributed by atoms with van der Waals surface area (Å²) in [5.74, 6) is 0.608. The molecular formula is C10H17NS. The minimum atomic E-state index is 0.305. The molecule has 2 N–H and O–H groups in total. The molecule has 0 spiro atoms. The van der Waals surface area contributed by atoms with Gasteiger partial charge in [0.1, 0.15) is 0 Å². The SMILES string of the molecule is Cc1sccc1C(C)CC(C)N. The normalized spacial score (nSPS) is 16.0. The molecule has 2 atom stereocenters. The van der Waals surface area contributed by atoms with E-state index in [-0.39, 0.29) is 0 Å². The molecule has 0 aliphatic carbocycles. The maximum Gasteiger partial charge on any atom is 0.00489 e. The van der Waals surface area contributed by atoms with Gasteiger partial charge in [-0.1, -0.05) is 6.92 Å². The largest absolute Gasteiger partial charge is 0.328 e. The van der Waals surface area contributed by atoms with E-state index in [1.165, 1.54) is 10.4 Å². The van der Waals surface area contributed by atoms with Crippen LogP contribution in [-0.2, 0) is 0 Å². The molecule has 1 heterocycles. The first-order valence-electron chi connectivity index (χ1n) is 4.41. The molecule has 0 saturated carbocycles. The van der Waals surface area contributed by atoms with Crippen molar-refractivity contribution in [2.45, 2.75) is 39.2 Å². The summed E-state index contributed by atoms with van der Waals surface area (Å²) in [5.41, 5.74) is 7.22. The molecule has 12 heavy (non-hydrogen) atoms. The Balaban J connectivity index is 2.65. The Morgan fingerprint density at radius 1 is 1.50 bits per heavy atom. The van der Waals surface area contributed by atoms with Crippen molar-refractivity contribution in [2.24, 2.45) is 5.73 Å². The maximum absolute atomic E-state index is 5.75. The molecule has 0 aliphatic rings. The maximum atomic E-state index is 5.75. The van der Waals surface area contributed by atoms with Crippen LogP contribution in [0.1, 0.15) is 36.6 Å². The van der Waals surface area contributed by atoms with E-state index in [1.54, 1.807) is 0 Å². The van der Waals surface area contributed by atoms with Gasteiger partial charge in [-0.25, -0.2) is 0 Å². The lowest BCUT2D eigenvalue weighted by Gasteiger charge is -2.13. The van der Waals surface area contributed by atoms with Gasteiger partial charge in [0.2, 0.25) is 0 Å². The average molecular weight is 183 g/mol. The summed E-state index contributed by atoms with van der Waals surface area (Å²) >= 11 is 1.82. The van der Waals surface area contributed by atoms with Gasteiger partial charge in [0.15, 0.2) is 0 Å². The number of nitrogens with two attached hydrogens (primary N) is 1. The van der Waals surface area contributed by atoms with Crippen molar-refractivity contribution in [1.29, 1.82) is 0 Å². The Morgan fingerprint density at radius 2 is 2.17 bits per heavy atom. The first-order valence-corrected chi connectivity index (χ1v) is 5.28. The van der Waals surface area contributed by atoms with Gasteiger partial charge in [0.25, 0.3) is 0 Å². The molecule has 68 valence electrons. The van der Waals surface area contributed by atoms with E-state index in [0.717, 1.165) is 6.42 Å². The highest BCUT2D eigenvalue weighted by Gasteiger charge is 2.10. The molecule has 2 unspecified atom stereocenters. The molecule has 0 amide bonds. The molecule has 0 radical (unpaired) electrons. The van der Waals surface area contributed by atoms with Crippen LogP contribution >= 0.6 is 11.3 Å². The van der Waals surface area contributed by atoms with E-state index < -0.39 is 0 Å². The Hall–Kier alpha value is -0.340. The Morgan fingerprint density at radius 3 is 2.58 bits per heavy atom. The van der Waals surface area contributed by atoms with Crippen molar-refractivity contribution in [1.82, 2.24) is 0 Å². The lowest BCUT2D eigenvalue weighted by molar-refractivity contribution is 0.586. The van der Waals surface area contributed by atoms with E-state index in [9.17, 15) is 0 Å². The number of rotatable bonds is 3. The van der Waals surface area contributed by atoms with Crippen molar-refractivity contribution in [3.05, 3.63) is 21.9 Å². The van der Waals surface area contributed by atoms with Crippen molar-refractivity contribution in [2.75, 3.05) is 0 Å². The van der Waals surface area contributed by atoms with Crippen LogP contribution in [0.4, 0.5) is 0 Å². The standard InChI is InChI=1S/C10H17NS/c1-7(6-8(2)11)10-4-5-12-9(10)3/h4-5,7-8H,6,11H2,1-3H3. The van der Waals surface area contributed by atoms with Crippen LogP contribution < -0.4 is 5.73 Å². The van der Waals surface area contributed by atoms with E-state index >= 15 is 0 Å². The second-order valence-corrected chi connectivity index (χ2v) is 4.67. The van der Waals surface area contributed by atoms with E-state index in [0.29, 0.717) is 12.0 Å². The Kier molecular flexibility index (Phi) is 3.29. The zero-order valence-electron chi connectivity index (χ0n) is 8.00. The highest BCUT2D eigenvalue weighted by Crippen LogP contribution is 2.26. The van der Waals surface area contributed by atoms with Gasteiger partial charge in [-0.15, -0.1) is 11.3 Å². The van der Waals surface area contributed by atoms with Crippen LogP contribution in [0.15, 0.2) is 11.4 Å². The predicted molar refractivity (Wildman–Crippen MR) is 55.7 cm³/mol. The van der Waals surface area contributed by atoms with Crippen LogP contribution in [-0.4, -0.2) is 6.04 Å². The predicted octanol–water partition coefficient (Wildman–Crippen LogP) is 2.90. The molecule has 1 rings (SSSR count). The molecule has 0 bridgehead atoms. The van der Waals surface area contributed by atoms with E-state index in [1.807, 2.05) is 11.3 Å². The van der Waals surface area contributed by atoms with Gasteiger partial charge < -0.3 is 5.73 Å². The van der Waals surface area contributed by atoms with E-state index in [2.05, 4.69) is 32.2 Å². The molecular weight excluding hydrogens is 166 g/mol. The number of hydrogen-bond acceptors (Lipinski definition) is 2. The summed E-state index contributed by atoms with van der Waals surface area (Å²) in [6.07, 6.45) is 1.08. The fraction of sp³-hybridized carbons (Fsp3) is 0.600. The van der Waals surface area contributed by atoms with Crippen molar-refractivity contribution >= 4 is 11.3 Å². The van der Waals surface area contributed by atoms with Gasteiger partial charge in [-0.3, -0.25) is 0 Å². The molecule has 1 aromatic heterocycles. The van der Waals surface area contributed by atoms with Gasteiger partial charge in [-0.05, 0) is 43.2 Å². The van der Waals surface area contributed by atoms with Crippen LogP contribution in [0.2, 0.25) is 0 Å². The van der Waals surface area contributed by atoms with Crippen molar-refractivity contribution < 1.29 is 0 Å². The minimum Gasteiger partial charge on any atom is -0.328 e. The quantitative estimate of drug-likeness (QED) is 0.766. The Labute approximate surface area is 78.6 Å². The van der Waals surface area contributed by atoms with E-state index in [4.69, 9.17) is 5.73 Å². The summed E-state index contributed by atoms with van der Waals surface area (Å²) in [7, 11) is 0. The minimum absolute atomic E-state index is 0.305. The van der Waals surface area contributed by atoms with Crippen molar-refractivity contribution in [3.8, 4) is 0 Å².